The van der Waals surface area contributed by atoms with Crippen LogP contribution in [0.15, 0.2) is 22.7 Å². The quantitative estimate of drug-likeness (QED) is 0.0408. The van der Waals surface area contributed by atoms with Crippen molar-refractivity contribution in [2.75, 3.05) is 84.6 Å². The highest BCUT2D eigenvalue weighted by Gasteiger charge is 2.14. The molecular weight excluding hydrogens is 478 g/mol. The van der Waals surface area contributed by atoms with Crippen LogP contribution >= 0.6 is 11.8 Å². The van der Waals surface area contributed by atoms with E-state index >= 15 is 0 Å². The summed E-state index contributed by atoms with van der Waals surface area (Å²) < 4.78 is 32.5. The Bertz CT molecular complexity index is 662. The first kappa shape index (κ1) is 30.7. The number of ether oxygens (including phenoxy) is 6. The number of aromatic nitrogens is 2. The van der Waals surface area contributed by atoms with Crippen LogP contribution in [0.1, 0.15) is 5.56 Å². The zero-order valence-electron chi connectivity index (χ0n) is 20.6. The van der Waals surface area contributed by atoms with Crippen molar-refractivity contribution in [3.05, 3.63) is 28.4 Å². The topological polar surface area (TPSA) is 130 Å². The third-order valence-electron chi connectivity index (χ3n) is 3.84. The minimum absolute atomic E-state index is 0.335. The van der Waals surface area contributed by atoms with Gasteiger partial charge in [0, 0.05) is 29.4 Å². The predicted octanol–water partition coefficient (Wildman–Crippen LogP) is 3.36. The van der Waals surface area contributed by atoms with Gasteiger partial charge in [-0.15, -0.1) is 0 Å². The van der Waals surface area contributed by atoms with Gasteiger partial charge in [-0.05, 0) is 10.9 Å². The van der Waals surface area contributed by atoms with Crippen LogP contribution in [-0.2, 0) is 35.0 Å². The van der Waals surface area contributed by atoms with Crippen molar-refractivity contribution >= 4 is 19.8 Å². The molecule has 0 bridgehead atoms. The molecule has 1 heterocycles. The van der Waals surface area contributed by atoms with Gasteiger partial charge in [-0.1, -0.05) is 36.5 Å². The van der Waals surface area contributed by atoms with Gasteiger partial charge < -0.3 is 28.4 Å². The Labute approximate surface area is 207 Å². The van der Waals surface area contributed by atoms with E-state index in [-0.39, 0.29) is 0 Å². The molecule has 1 rings (SSSR count). The average molecular weight is 518 g/mol. The Balaban J connectivity index is 1.81. The van der Waals surface area contributed by atoms with Crippen molar-refractivity contribution in [1.82, 2.24) is 9.97 Å². The molecule has 11 nitrogen and oxygen atoms in total. The second kappa shape index (κ2) is 21.0. The lowest BCUT2D eigenvalue weighted by Crippen LogP contribution is -2.23. The Morgan fingerprint density at radius 2 is 1.21 bits per heavy atom. The molecule has 0 aliphatic heterocycles. The lowest BCUT2D eigenvalue weighted by Gasteiger charge is -2.13. The van der Waals surface area contributed by atoms with E-state index in [0.29, 0.717) is 85.8 Å². The smallest absolute Gasteiger partial charge is 0.187 e. The molecule has 0 saturated carbocycles. The Hall–Kier alpha value is -1.28. The highest BCUT2D eigenvalue weighted by Crippen LogP contribution is 2.17. The van der Waals surface area contributed by atoms with E-state index in [1.54, 1.807) is 11.8 Å². The van der Waals surface area contributed by atoms with Crippen molar-refractivity contribution in [2.45, 2.75) is 31.4 Å². The first-order chi connectivity index (χ1) is 16.5. The molecule has 1 aromatic rings. The lowest BCUT2D eigenvalue weighted by atomic mass is 10.4. The van der Waals surface area contributed by atoms with E-state index in [1.165, 1.54) is 0 Å². The molecule has 34 heavy (non-hydrogen) atoms. The molecule has 0 amide bonds. The second-order valence-corrected chi connectivity index (χ2v) is 15.2. The number of hydrogen-bond donors (Lipinski definition) is 0. The summed E-state index contributed by atoms with van der Waals surface area (Å²) in [7, 11) is -1.10. The SMILES string of the molecule is C[Si](C)(C)CSc1ncc(COCCOCCOCCOCCOCCOCCN=[N+]=[N-])cn1. The number of rotatable bonds is 23. The van der Waals surface area contributed by atoms with Crippen LogP contribution in [0.5, 0.6) is 0 Å². The van der Waals surface area contributed by atoms with Crippen LogP contribution in [-0.4, -0.2) is 103 Å². The maximum atomic E-state index is 8.12. The highest BCUT2D eigenvalue weighted by molar-refractivity contribution is 8.00. The van der Waals surface area contributed by atoms with Gasteiger partial charge in [0.1, 0.15) is 0 Å². The van der Waals surface area contributed by atoms with Gasteiger partial charge in [0.2, 0.25) is 0 Å². The molecule has 0 unspecified atom stereocenters. The zero-order chi connectivity index (χ0) is 24.7. The van der Waals surface area contributed by atoms with Gasteiger partial charge in [-0.25, -0.2) is 9.97 Å². The van der Waals surface area contributed by atoms with Crippen molar-refractivity contribution in [2.24, 2.45) is 5.11 Å². The third-order valence-corrected chi connectivity index (χ3v) is 8.35. The summed E-state index contributed by atoms with van der Waals surface area (Å²) in [4.78, 5) is 11.4. The zero-order valence-corrected chi connectivity index (χ0v) is 22.5. The summed E-state index contributed by atoms with van der Waals surface area (Å²) in [5.41, 5.74) is 9.08. The molecule has 1 aromatic heterocycles. The van der Waals surface area contributed by atoms with Crippen molar-refractivity contribution in [3.8, 4) is 0 Å². The molecule has 0 atom stereocenters. The second-order valence-electron chi connectivity index (χ2n) is 8.29. The fraction of sp³-hybridized carbons (Fsp3) is 0.810. The molecule has 0 N–H and O–H groups in total. The molecule has 0 aromatic carbocycles. The minimum atomic E-state index is -1.10. The van der Waals surface area contributed by atoms with Gasteiger partial charge in [0.05, 0.1) is 87.4 Å². The summed E-state index contributed by atoms with van der Waals surface area (Å²) in [6, 6.07) is 0. The van der Waals surface area contributed by atoms with Gasteiger partial charge in [-0.3, -0.25) is 0 Å². The molecule has 0 aliphatic carbocycles. The number of azide groups is 1. The molecule has 0 spiro atoms. The molecule has 13 heteroatoms. The highest BCUT2D eigenvalue weighted by atomic mass is 32.2. The van der Waals surface area contributed by atoms with Gasteiger partial charge in [0.15, 0.2) is 5.16 Å². The first-order valence-electron chi connectivity index (χ1n) is 11.4. The Morgan fingerprint density at radius 3 is 1.65 bits per heavy atom. The fourth-order valence-electron chi connectivity index (χ4n) is 2.21. The van der Waals surface area contributed by atoms with E-state index in [4.69, 9.17) is 34.0 Å². The maximum Gasteiger partial charge on any atom is 0.187 e. The summed E-state index contributed by atoms with van der Waals surface area (Å²) in [6.45, 7) is 13.2. The van der Waals surface area contributed by atoms with E-state index in [0.717, 1.165) is 16.1 Å². The summed E-state index contributed by atoms with van der Waals surface area (Å²) in [5, 5.41) is 5.32. The molecular formula is C21H39N5O6SSi. The third kappa shape index (κ3) is 20.1. The largest absolute Gasteiger partial charge is 0.379 e. The van der Waals surface area contributed by atoms with Crippen LogP contribution < -0.4 is 0 Å². The van der Waals surface area contributed by atoms with Crippen LogP contribution in [0, 0.1) is 0 Å². The lowest BCUT2D eigenvalue weighted by molar-refractivity contribution is -0.0174. The molecule has 194 valence electrons. The van der Waals surface area contributed by atoms with Gasteiger partial charge >= 0.3 is 0 Å². The first-order valence-corrected chi connectivity index (χ1v) is 16.1. The van der Waals surface area contributed by atoms with Crippen LogP contribution in [0.2, 0.25) is 19.6 Å². The van der Waals surface area contributed by atoms with E-state index < -0.39 is 8.07 Å². The monoisotopic (exact) mass is 517 g/mol. The number of nitrogens with zero attached hydrogens (tertiary/aromatic N) is 5. The number of hydrogen-bond acceptors (Lipinski definition) is 10. The summed E-state index contributed by atoms with van der Waals surface area (Å²) in [6.07, 6.45) is 3.65. The minimum Gasteiger partial charge on any atom is -0.379 e. The van der Waals surface area contributed by atoms with E-state index in [1.807, 2.05) is 12.4 Å². The molecule has 0 aliphatic rings. The average Bonchev–Trinajstić information content (AvgIpc) is 2.82. The van der Waals surface area contributed by atoms with Gasteiger partial charge in [0.25, 0.3) is 0 Å². The molecule has 0 radical (unpaired) electrons. The standard InChI is InChI=1S/C21H39N5O6SSi/c1-34(2,3)19-33-21-23-16-20(17-24-21)18-32-15-14-31-13-12-30-11-10-29-9-8-28-7-6-27-5-4-25-26-22/h16-17H,4-15,18-19H2,1-3H3. The maximum absolute atomic E-state index is 8.12. The van der Waals surface area contributed by atoms with Crippen LogP contribution in [0.25, 0.3) is 10.4 Å². The van der Waals surface area contributed by atoms with Crippen molar-refractivity contribution in [3.63, 3.8) is 0 Å². The summed E-state index contributed by atoms with van der Waals surface area (Å²) in [5.74, 6) is 0. The normalized spacial score (nSPS) is 11.5. The Kier molecular flexibility index (Phi) is 19.0. The summed E-state index contributed by atoms with van der Waals surface area (Å²) >= 11 is 1.73. The van der Waals surface area contributed by atoms with Crippen LogP contribution in [0.3, 0.4) is 0 Å². The number of thioether (sulfide) groups is 1. The van der Waals surface area contributed by atoms with Gasteiger partial charge in [-0.2, -0.15) is 0 Å². The fourth-order valence-corrected chi connectivity index (χ4v) is 4.72. The molecule has 0 fully saturated rings. The Morgan fingerprint density at radius 1 is 0.765 bits per heavy atom. The van der Waals surface area contributed by atoms with Crippen molar-refractivity contribution in [1.29, 1.82) is 0 Å². The van der Waals surface area contributed by atoms with Crippen molar-refractivity contribution < 1.29 is 28.4 Å². The van der Waals surface area contributed by atoms with E-state index in [2.05, 4.69) is 39.6 Å². The predicted molar refractivity (Wildman–Crippen MR) is 134 cm³/mol. The molecule has 0 saturated heterocycles. The van der Waals surface area contributed by atoms with Crippen LogP contribution in [0.4, 0.5) is 0 Å². The van der Waals surface area contributed by atoms with E-state index in [9.17, 15) is 0 Å².